The molecule has 3 rings (SSSR count). The maximum atomic E-state index is 12.8. The molecule has 170 valence electrons. The molecule has 1 aromatic heterocycles. The minimum Gasteiger partial charge on any atom is -0.496 e. The van der Waals surface area contributed by atoms with Gasteiger partial charge in [0.15, 0.2) is 0 Å². The van der Waals surface area contributed by atoms with Crippen LogP contribution in [-0.4, -0.2) is 61.1 Å². The molecule has 31 heavy (non-hydrogen) atoms. The first kappa shape index (κ1) is 23.1. The Hall–Kier alpha value is -2.54. The fourth-order valence-corrected chi connectivity index (χ4v) is 4.42. The second-order valence-corrected chi connectivity index (χ2v) is 8.08. The van der Waals surface area contributed by atoms with Gasteiger partial charge in [-0.25, -0.2) is 4.98 Å². The van der Waals surface area contributed by atoms with E-state index in [1.165, 1.54) is 0 Å². The highest BCUT2D eigenvalue weighted by molar-refractivity contribution is 5.79. The molecule has 1 saturated heterocycles. The average molecular weight is 430 g/mol. The van der Waals surface area contributed by atoms with Crippen molar-refractivity contribution in [1.29, 1.82) is 0 Å². The Morgan fingerprint density at radius 2 is 1.97 bits per heavy atom. The van der Waals surface area contributed by atoms with Crippen LogP contribution in [0.3, 0.4) is 0 Å². The minimum atomic E-state index is 0.0599. The number of piperidine rings is 1. The summed E-state index contributed by atoms with van der Waals surface area (Å²) in [7, 11) is 3.29. The molecule has 0 N–H and O–H groups in total. The maximum absolute atomic E-state index is 12.8. The number of carbonyl (C=O) groups is 1. The normalized spacial score (nSPS) is 16.9. The second-order valence-electron chi connectivity index (χ2n) is 8.08. The number of benzene rings is 1. The molecule has 7 heteroatoms. The van der Waals surface area contributed by atoms with Gasteiger partial charge >= 0.3 is 0 Å². The summed E-state index contributed by atoms with van der Waals surface area (Å²) in [6.45, 7) is 11.9. The molecule has 1 aromatic carbocycles. The highest BCUT2D eigenvalue weighted by atomic mass is 16.5. The number of likely N-dealkylation sites (tertiary alicyclic amines) is 1. The molecule has 1 atom stereocenters. The molecule has 7 nitrogen and oxygen atoms in total. The van der Waals surface area contributed by atoms with Gasteiger partial charge in [-0.2, -0.15) is 0 Å². The first-order valence-corrected chi connectivity index (χ1v) is 11.1. The van der Waals surface area contributed by atoms with Crippen LogP contribution in [0.4, 0.5) is 0 Å². The van der Waals surface area contributed by atoms with E-state index < -0.39 is 0 Å². The number of aromatic nitrogens is 1. The van der Waals surface area contributed by atoms with Crippen LogP contribution in [0.15, 0.2) is 16.5 Å². The SMILES string of the molecule is CCN(CC)C(=O)[C@@H]1CCCN(Cc2nc(-c3ccc(OC)c(C)c3OC)oc2C)C1. The smallest absolute Gasteiger partial charge is 0.230 e. The number of carbonyl (C=O) groups excluding carboxylic acids is 1. The fourth-order valence-electron chi connectivity index (χ4n) is 4.42. The number of aryl methyl sites for hydroxylation is 1. The quantitative estimate of drug-likeness (QED) is 0.630. The minimum absolute atomic E-state index is 0.0599. The maximum Gasteiger partial charge on any atom is 0.230 e. The number of methoxy groups -OCH3 is 2. The molecular weight excluding hydrogens is 394 g/mol. The molecule has 1 aliphatic rings. The highest BCUT2D eigenvalue weighted by Crippen LogP contribution is 2.38. The second kappa shape index (κ2) is 10.2. The summed E-state index contributed by atoms with van der Waals surface area (Å²) in [5.41, 5.74) is 2.62. The molecule has 0 bridgehead atoms. The number of nitrogens with zero attached hydrogens (tertiary/aromatic N) is 3. The van der Waals surface area contributed by atoms with Gasteiger partial charge in [0.1, 0.15) is 17.3 Å². The molecule has 0 unspecified atom stereocenters. The lowest BCUT2D eigenvalue weighted by atomic mass is 9.96. The summed E-state index contributed by atoms with van der Waals surface area (Å²) in [5, 5.41) is 0. The monoisotopic (exact) mass is 429 g/mol. The van der Waals surface area contributed by atoms with E-state index in [1.54, 1.807) is 14.2 Å². The molecule has 0 radical (unpaired) electrons. The molecule has 1 aliphatic heterocycles. The molecule has 0 aliphatic carbocycles. The number of rotatable bonds is 8. The Morgan fingerprint density at radius 1 is 1.23 bits per heavy atom. The first-order valence-electron chi connectivity index (χ1n) is 11.1. The lowest BCUT2D eigenvalue weighted by molar-refractivity contribution is -0.137. The van der Waals surface area contributed by atoms with Gasteiger partial charge in [0.25, 0.3) is 0 Å². The third-order valence-electron chi connectivity index (χ3n) is 6.21. The van der Waals surface area contributed by atoms with Crippen LogP contribution in [0.5, 0.6) is 11.5 Å². The van der Waals surface area contributed by atoms with Gasteiger partial charge in [-0.15, -0.1) is 0 Å². The van der Waals surface area contributed by atoms with E-state index in [4.69, 9.17) is 18.9 Å². The van der Waals surface area contributed by atoms with Crippen LogP contribution in [-0.2, 0) is 11.3 Å². The summed E-state index contributed by atoms with van der Waals surface area (Å²) < 4.78 is 17.1. The third kappa shape index (κ3) is 4.87. The number of hydrogen-bond acceptors (Lipinski definition) is 6. The van der Waals surface area contributed by atoms with Crippen molar-refractivity contribution in [2.24, 2.45) is 5.92 Å². The van der Waals surface area contributed by atoms with Crippen molar-refractivity contribution in [3.63, 3.8) is 0 Å². The summed E-state index contributed by atoms with van der Waals surface area (Å²) in [4.78, 5) is 21.9. The van der Waals surface area contributed by atoms with E-state index in [0.29, 0.717) is 18.2 Å². The third-order valence-corrected chi connectivity index (χ3v) is 6.21. The van der Waals surface area contributed by atoms with E-state index in [0.717, 1.165) is 67.4 Å². The van der Waals surface area contributed by atoms with E-state index >= 15 is 0 Å². The average Bonchev–Trinajstić information content (AvgIpc) is 3.14. The predicted molar refractivity (Wildman–Crippen MR) is 120 cm³/mol. The van der Waals surface area contributed by atoms with Crippen molar-refractivity contribution in [3.05, 3.63) is 29.2 Å². The first-order chi connectivity index (χ1) is 14.9. The molecule has 0 spiro atoms. The standard InChI is InChI=1S/C24H35N3O4/c1-7-27(8-2)24(28)18-10-9-13-26(14-18)15-20-17(4)31-23(25-20)19-11-12-21(29-5)16(3)22(19)30-6/h11-12,18H,7-10,13-15H2,1-6H3/t18-/m1/s1. The van der Waals surface area contributed by atoms with Gasteiger partial charge in [0, 0.05) is 31.7 Å². The molecule has 1 amide bonds. The van der Waals surface area contributed by atoms with Crippen LogP contribution in [0.25, 0.3) is 11.5 Å². The van der Waals surface area contributed by atoms with Gasteiger partial charge in [-0.05, 0) is 59.2 Å². The molecule has 2 heterocycles. The summed E-state index contributed by atoms with van der Waals surface area (Å²) in [6.07, 6.45) is 1.98. The number of ether oxygens (including phenoxy) is 2. The van der Waals surface area contributed by atoms with Gasteiger partial charge in [0.2, 0.25) is 11.8 Å². The fraction of sp³-hybridized carbons (Fsp3) is 0.583. The molecule has 2 aromatic rings. The molecule has 0 saturated carbocycles. The summed E-state index contributed by atoms with van der Waals surface area (Å²) >= 11 is 0. The number of amides is 1. The van der Waals surface area contributed by atoms with Crippen molar-refractivity contribution < 1.29 is 18.7 Å². The zero-order valence-corrected chi connectivity index (χ0v) is 19.7. The van der Waals surface area contributed by atoms with Crippen molar-refractivity contribution in [2.45, 2.75) is 47.1 Å². The lowest BCUT2D eigenvalue weighted by Crippen LogP contribution is -2.44. The van der Waals surface area contributed by atoms with Crippen LogP contribution in [0, 0.1) is 19.8 Å². The lowest BCUT2D eigenvalue weighted by Gasteiger charge is -2.34. The van der Waals surface area contributed by atoms with Crippen LogP contribution in [0.2, 0.25) is 0 Å². The Morgan fingerprint density at radius 3 is 2.61 bits per heavy atom. The van der Waals surface area contributed by atoms with Crippen molar-refractivity contribution in [3.8, 4) is 23.0 Å². The van der Waals surface area contributed by atoms with Gasteiger partial charge in [0.05, 0.1) is 31.4 Å². The number of hydrogen-bond donors (Lipinski definition) is 0. The zero-order chi connectivity index (χ0) is 22.5. The van der Waals surface area contributed by atoms with E-state index in [-0.39, 0.29) is 11.8 Å². The van der Waals surface area contributed by atoms with E-state index in [9.17, 15) is 4.79 Å². The van der Waals surface area contributed by atoms with Gasteiger partial charge in [-0.3, -0.25) is 9.69 Å². The van der Waals surface area contributed by atoms with E-state index in [2.05, 4.69) is 4.90 Å². The van der Waals surface area contributed by atoms with Gasteiger partial charge in [-0.1, -0.05) is 0 Å². The number of oxazole rings is 1. The van der Waals surface area contributed by atoms with Crippen LogP contribution in [0.1, 0.15) is 43.7 Å². The zero-order valence-electron chi connectivity index (χ0n) is 19.7. The van der Waals surface area contributed by atoms with Crippen molar-refractivity contribution in [2.75, 3.05) is 40.4 Å². The van der Waals surface area contributed by atoms with Crippen molar-refractivity contribution >= 4 is 5.91 Å². The highest BCUT2D eigenvalue weighted by Gasteiger charge is 2.29. The van der Waals surface area contributed by atoms with Crippen LogP contribution >= 0.6 is 0 Å². The Balaban J connectivity index is 1.78. The molecule has 1 fully saturated rings. The predicted octanol–water partition coefficient (Wildman–Crippen LogP) is 4.06. The van der Waals surface area contributed by atoms with Crippen molar-refractivity contribution in [1.82, 2.24) is 14.8 Å². The van der Waals surface area contributed by atoms with Gasteiger partial charge < -0.3 is 18.8 Å². The molecular formula is C24H35N3O4. The largest absolute Gasteiger partial charge is 0.496 e. The summed E-state index contributed by atoms with van der Waals surface area (Å²) in [5.74, 6) is 3.14. The Kier molecular flexibility index (Phi) is 7.59. The summed E-state index contributed by atoms with van der Waals surface area (Å²) in [6, 6.07) is 3.82. The Labute approximate surface area is 185 Å². The van der Waals surface area contributed by atoms with Crippen LogP contribution < -0.4 is 9.47 Å². The Bertz CT molecular complexity index is 904. The topological polar surface area (TPSA) is 68.0 Å². The van der Waals surface area contributed by atoms with E-state index in [1.807, 2.05) is 44.7 Å².